The van der Waals surface area contributed by atoms with Crippen LogP contribution in [0.3, 0.4) is 0 Å². The molecule has 2 rings (SSSR count). The summed E-state index contributed by atoms with van der Waals surface area (Å²) in [7, 11) is 0. The van der Waals surface area contributed by atoms with Crippen LogP contribution in [0.2, 0.25) is 0 Å². The second kappa shape index (κ2) is 5.47. The molecule has 4 nitrogen and oxygen atoms in total. The number of rotatable bonds is 4. The van der Waals surface area contributed by atoms with Crippen molar-refractivity contribution in [2.45, 2.75) is 71.9 Å². The molecule has 4 heteroatoms. The molecule has 1 aliphatic heterocycles. The van der Waals surface area contributed by atoms with Gasteiger partial charge in [-0.15, -0.1) is 0 Å². The van der Waals surface area contributed by atoms with Crippen LogP contribution in [0, 0.1) is 11.3 Å². The fourth-order valence-corrected chi connectivity index (χ4v) is 3.16. The van der Waals surface area contributed by atoms with E-state index in [9.17, 15) is 4.79 Å². The van der Waals surface area contributed by atoms with Crippen LogP contribution < -0.4 is 5.32 Å². The molecule has 20 heavy (non-hydrogen) atoms. The number of nitrogens with zero attached hydrogens (tertiary/aromatic N) is 1. The SMILES string of the molecule is CCOC1(C2=NC(C(C)C)C(=O)N2)CCC(C)(C)CC1. The lowest BCUT2D eigenvalue weighted by atomic mass is 9.70. The lowest BCUT2D eigenvalue weighted by molar-refractivity contribution is -0.121. The van der Waals surface area contributed by atoms with Crippen molar-refractivity contribution in [1.82, 2.24) is 5.32 Å². The first-order valence-electron chi connectivity index (χ1n) is 7.83. The van der Waals surface area contributed by atoms with E-state index in [4.69, 9.17) is 4.74 Å². The monoisotopic (exact) mass is 280 g/mol. The van der Waals surface area contributed by atoms with Gasteiger partial charge in [-0.2, -0.15) is 0 Å². The molecular weight excluding hydrogens is 252 g/mol. The minimum absolute atomic E-state index is 0.0268. The van der Waals surface area contributed by atoms with Gasteiger partial charge in [0, 0.05) is 6.61 Å². The van der Waals surface area contributed by atoms with Gasteiger partial charge < -0.3 is 10.1 Å². The van der Waals surface area contributed by atoms with Crippen molar-refractivity contribution < 1.29 is 9.53 Å². The molecule has 1 amide bonds. The van der Waals surface area contributed by atoms with Crippen molar-refractivity contribution >= 4 is 11.7 Å². The lowest BCUT2D eigenvalue weighted by Gasteiger charge is -2.43. The van der Waals surface area contributed by atoms with Gasteiger partial charge in [0.15, 0.2) is 0 Å². The fourth-order valence-electron chi connectivity index (χ4n) is 3.16. The first kappa shape index (κ1) is 15.5. The third kappa shape index (κ3) is 2.90. The maximum atomic E-state index is 12.1. The average molecular weight is 280 g/mol. The van der Waals surface area contributed by atoms with Gasteiger partial charge in [0.05, 0.1) is 0 Å². The molecular formula is C16H28N2O2. The topological polar surface area (TPSA) is 50.7 Å². The molecule has 0 aromatic rings. The molecule has 1 atom stereocenters. The van der Waals surface area contributed by atoms with E-state index in [1.54, 1.807) is 0 Å². The Morgan fingerprint density at radius 2 is 1.90 bits per heavy atom. The molecule has 0 saturated heterocycles. The van der Waals surface area contributed by atoms with Crippen LogP contribution >= 0.6 is 0 Å². The van der Waals surface area contributed by atoms with Crippen molar-refractivity contribution in [1.29, 1.82) is 0 Å². The van der Waals surface area contributed by atoms with Gasteiger partial charge in [0.1, 0.15) is 17.5 Å². The Hall–Kier alpha value is -0.900. The first-order chi connectivity index (χ1) is 9.30. The summed E-state index contributed by atoms with van der Waals surface area (Å²) in [4.78, 5) is 16.7. The molecule has 1 heterocycles. The zero-order chi connectivity index (χ0) is 15.0. The number of amidine groups is 1. The average Bonchev–Trinajstić information content (AvgIpc) is 2.75. The molecule has 1 aliphatic carbocycles. The highest BCUT2D eigenvalue weighted by molar-refractivity contribution is 6.09. The van der Waals surface area contributed by atoms with Crippen molar-refractivity contribution in [3.8, 4) is 0 Å². The lowest BCUT2D eigenvalue weighted by Crippen LogP contribution is -2.51. The highest BCUT2D eigenvalue weighted by Gasteiger charge is 2.46. The minimum Gasteiger partial charge on any atom is -0.367 e. The van der Waals surface area contributed by atoms with Crippen LogP contribution in [0.4, 0.5) is 0 Å². The molecule has 1 unspecified atom stereocenters. The van der Waals surface area contributed by atoms with E-state index in [1.165, 1.54) is 0 Å². The van der Waals surface area contributed by atoms with Crippen molar-refractivity contribution in [3.05, 3.63) is 0 Å². The largest absolute Gasteiger partial charge is 0.367 e. The van der Waals surface area contributed by atoms with Crippen LogP contribution in [0.5, 0.6) is 0 Å². The first-order valence-corrected chi connectivity index (χ1v) is 7.83. The highest BCUT2D eigenvalue weighted by Crippen LogP contribution is 2.43. The third-order valence-electron chi connectivity index (χ3n) is 4.67. The van der Waals surface area contributed by atoms with Crippen molar-refractivity contribution in [2.75, 3.05) is 6.61 Å². The number of carbonyl (C=O) groups is 1. The van der Waals surface area contributed by atoms with E-state index in [1.807, 2.05) is 20.8 Å². The number of hydrogen-bond acceptors (Lipinski definition) is 3. The molecule has 114 valence electrons. The Kier molecular flexibility index (Phi) is 4.24. The summed E-state index contributed by atoms with van der Waals surface area (Å²) >= 11 is 0. The second-order valence-corrected chi connectivity index (χ2v) is 7.25. The Labute approximate surface area is 122 Å². The van der Waals surface area contributed by atoms with Crippen LogP contribution in [-0.4, -0.2) is 30.0 Å². The predicted octanol–water partition coefficient (Wildman–Crippen LogP) is 2.91. The van der Waals surface area contributed by atoms with Gasteiger partial charge in [-0.25, -0.2) is 0 Å². The van der Waals surface area contributed by atoms with E-state index in [-0.39, 0.29) is 23.5 Å². The molecule has 0 radical (unpaired) electrons. The maximum Gasteiger partial charge on any atom is 0.250 e. The number of amides is 1. The number of nitrogens with one attached hydrogen (secondary N) is 1. The Balaban J connectivity index is 2.22. The third-order valence-corrected chi connectivity index (χ3v) is 4.67. The second-order valence-electron chi connectivity index (χ2n) is 7.25. The minimum atomic E-state index is -0.371. The van der Waals surface area contributed by atoms with E-state index >= 15 is 0 Å². The summed E-state index contributed by atoms with van der Waals surface area (Å²) in [6.45, 7) is 11.3. The van der Waals surface area contributed by atoms with Gasteiger partial charge in [-0.1, -0.05) is 27.7 Å². The number of aliphatic imine (C=N–C) groups is 1. The van der Waals surface area contributed by atoms with E-state index < -0.39 is 0 Å². The number of carbonyl (C=O) groups excluding carboxylic acids is 1. The number of hydrogen-bond donors (Lipinski definition) is 1. The normalized spacial score (nSPS) is 28.4. The van der Waals surface area contributed by atoms with Gasteiger partial charge in [0.2, 0.25) is 5.91 Å². The quantitative estimate of drug-likeness (QED) is 0.861. The maximum absolute atomic E-state index is 12.1. The summed E-state index contributed by atoms with van der Waals surface area (Å²) in [5.74, 6) is 1.03. The molecule has 0 aromatic carbocycles. The summed E-state index contributed by atoms with van der Waals surface area (Å²) < 4.78 is 6.08. The van der Waals surface area contributed by atoms with Gasteiger partial charge in [-0.3, -0.25) is 9.79 Å². The van der Waals surface area contributed by atoms with E-state index in [0.29, 0.717) is 12.0 Å². The smallest absolute Gasteiger partial charge is 0.250 e. The molecule has 0 bridgehead atoms. The van der Waals surface area contributed by atoms with Crippen LogP contribution in [0.25, 0.3) is 0 Å². The molecule has 1 saturated carbocycles. The van der Waals surface area contributed by atoms with Crippen molar-refractivity contribution in [3.63, 3.8) is 0 Å². The molecule has 1 fully saturated rings. The molecule has 1 N–H and O–H groups in total. The molecule has 0 spiro atoms. The zero-order valence-corrected chi connectivity index (χ0v) is 13.5. The standard InChI is InChI=1S/C16H28N2O2/c1-6-20-16(9-7-15(4,5)8-10-16)14-17-12(11(2)3)13(19)18-14/h11-12H,6-10H2,1-5H3,(H,17,18,19). The van der Waals surface area contributed by atoms with Gasteiger partial charge >= 0.3 is 0 Å². The Morgan fingerprint density at radius 3 is 2.35 bits per heavy atom. The fraction of sp³-hybridized carbons (Fsp3) is 0.875. The van der Waals surface area contributed by atoms with Crippen LogP contribution in [-0.2, 0) is 9.53 Å². The highest BCUT2D eigenvalue weighted by atomic mass is 16.5. The number of ether oxygens (including phenoxy) is 1. The zero-order valence-electron chi connectivity index (χ0n) is 13.5. The summed E-state index contributed by atoms with van der Waals surface area (Å²) in [5, 5.41) is 2.99. The molecule has 0 aromatic heterocycles. The van der Waals surface area contributed by atoms with E-state index in [0.717, 1.165) is 31.5 Å². The van der Waals surface area contributed by atoms with Crippen molar-refractivity contribution in [2.24, 2.45) is 16.3 Å². The summed E-state index contributed by atoms with van der Waals surface area (Å²) in [6, 6.07) is -0.253. The van der Waals surface area contributed by atoms with Gasteiger partial charge in [0.25, 0.3) is 0 Å². The Bertz CT molecular complexity index is 403. The van der Waals surface area contributed by atoms with E-state index in [2.05, 4.69) is 24.2 Å². The molecule has 2 aliphatic rings. The summed E-state index contributed by atoms with van der Waals surface area (Å²) in [6.07, 6.45) is 4.10. The Morgan fingerprint density at radius 1 is 1.30 bits per heavy atom. The summed E-state index contributed by atoms with van der Waals surface area (Å²) in [5.41, 5.74) is -0.00913. The van der Waals surface area contributed by atoms with Gasteiger partial charge in [-0.05, 0) is 43.9 Å². The predicted molar refractivity (Wildman–Crippen MR) is 80.8 cm³/mol. The van der Waals surface area contributed by atoms with Crippen LogP contribution in [0.15, 0.2) is 4.99 Å². The van der Waals surface area contributed by atoms with Crippen LogP contribution in [0.1, 0.15) is 60.3 Å².